The minimum Gasteiger partial charge on any atom is -0.854 e. The second-order valence-electron chi connectivity index (χ2n) is 14.3. The molecule has 0 unspecified atom stereocenters. The number of hydrogen-bond donors (Lipinski definition) is 2. The maximum Gasteiger partial charge on any atom is 2.00 e. The Morgan fingerprint density at radius 3 is 0.847 bits per heavy atom. The third-order valence-electron chi connectivity index (χ3n) is 9.18. The van der Waals surface area contributed by atoms with Gasteiger partial charge in [-0.25, -0.2) is 0 Å². The van der Waals surface area contributed by atoms with Gasteiger partial charge in [0.05, 0.1) is 13.1 Å². The van der Waals surface area contributed by atoms with Gasteiger partial charge in [0.2, 0.25) is 11.8 Å². The van der Waals surface area contributed by atoms with Crippen LogP contribution in [0, 0.1) is 191 Å². The number of rotatable bonds is 24. The number of carbonyl (C=O) groups is 2. The van der Waals surface area contributed by atoms with E-state index in [2.05, 4.69) is 71.8 Å². The molecule has 0 atom stereocenters. The van der Waals surface area contributed by atoms with E-state index in [0.29, 0.717) is 26.2 Å². The van der Waals surface area contributed by atoms with Crippen LogP contribution in [0.5, 0.6) is 0 Å². The number of hydrogen-bond acceptors (Lipinski definition) is 6. The largest absolute Gasteiger partial charge is 2.00 e. The van der Waals surface area contributed by atoms with Crippen molar-refractivity contribution in [3.8, 4) is 0 Å². The van der Waals surface area contributed by atoms with Crippen LogP contribution >= 0.6 is 0 Å². The molecule has 0 aromatic heterocycles. The van der Waals surface area contributed by atoms with Crippen molar-refractivity contribution in [1.29, 1.82) is 0 Å². The Labute approximate surface area is 375 Å². The van der Waals surface area contributed by atoms with E-state index in [-0.39, 0.29) is 42.1 Å². The first-order valence-electron chi connectivity index (χ1n) is 20.9. The Bertz CT molecular complexity index is 831. The summed E-state index contributed by atoms with van der Waals surface area (Å²) in [5.41, 5.74) is 0. The van der Waals surface area contributed by atoms with E-state index in [4.69, 9.17) is 0 Å². The Balaban J connectivity index is 0.000000323. The van der Waals surface area contributed by atoms with E-state index in [1.807, 2.05) is 116 Å². The SMILES string of the molecule is O=C(CN(C[C]1[CH][CH][CH][CH]1)C[C]1[CH][CH][CH][CH]1)NCCCCCC[O-].O=C(CN(C[C]1[CH][CH][CH][CH]1)C[C]1[CH][CH][CH][CH]1)NCCCCCC[O-].[CH]1[CH][CH][CH][CH]1.[CH]1[CH][CH][CH][CH]1.[Fe+2]. The Kier molecular flexibility index (Phi) is 34.9. The summed E-state index contributed by atoms with van der Waals surface area (Å²) in [7, 11) is 0. The van der Waals surface area contributed by atoms with Crippen molar-refractivity contribution in [2.45, 2.75) is 51.4 Å². The van der Waals surface area contributed by atoms with Gasteiger partial charge in [-0.1, -0.05) is 38.5 Å². The average molecular weight is 841 g/mol. The Hall–Kier alpha value is -0.701. The average Bonchev–Trinajstić information content (AvgIpc) is 4.06. The van der Waals surface area contributed by atoms with Gasteiger partial charge < -0.3 is 20.8 Å². The molecule has 0 saturated heterocycles. The van der Waals surface area contributed by atoms with Gasteiger partial charge in [-0.15, -0.1) is 13.2 Å². The minimum absolute atomic E-state index is 0. The van der Waals surface area contributed by atoms with Gasteiger partial charge in [0, 0.05) is 39.3 Å². The first kappa shape index (κ1) is 54.4. The zero-order valence-corrected chi connectivity index (χ0v) is 35.7. The van der Waals surface area contributed by atoms with Gasteiger partial charge >= 0.3 is 17.1 Å². The van der Waals surface area contributed by atoms with Crippen LogP contribution in [0.4, 0.5) is 0 Å². The van der Waals surface area contributed by atoms with Crippen LogP contribution in [0.15, 0.2) is 0 Å². The summed E-state index contributed by atoms with van der Waals surface area (Å²) in [6.45, 7) is 5.29. The molecule has 0 aromatic carbocycles. The fraction of sp³-hybridized carbons (Fsp3) is 0.360. The Morgan fingerprint density at radius 1 is 0.373 bits per heavy atom. The van der Waals surface area contributed by atoms with Crippen molar-refractivity contribution in [3.05, 3.63) is 191 Å². The smallest absolute Gasteiger partial charge is 0.854 e. The van der Waals surface area contributed by atoms with E-state index >= 15 is 0 Å². The molecular weight excluding hydrogens is 776 g/mol. The molecule has 30 radical (unpaired) electrons. The molecule has 0 aliphatic heterocycles. The summed E-state index contributed by atoms with van der Waals surface area (Å²) in [4.78, 5) is 28.7. The second-order valence-corrected chi connectivity index (χ2v) is 14.3. The monoisotopic (exact) mass is 840 g/mol. The third kappa shape index (κ3) is 29.3. The van der Waals surface area contributed by atoms with Crippen LogP contribution in [-0.4, -0.2) is 87.2 Å². The van der Waals surface area contributed by atoms with Gasteiger partial charge in [-0.3, -0.25) is 19.4 Å². The van der Waals surface area contributed by atoms with Gasteiger partial charge in [-0.05, 0) is 203 Å². The number of nitrogens with one attached hydrogen (secondary N) is 2. The molecule has 0 bridgehead atoms. The molecule has 0 spiro atoms. The van der Waals surface area contributed by atoms with Crippen LogP contribution < -0.4 is 20.8 Å². The Morgan fingerprint density at radius 2 is 0.610 bits per heavy atom. The van der Waals surface area contributed by atoms with Gasteiger partial charge in [0.15, 0.2) is 0 Å². The van der Waals surface area contributed by atoms with Crippen LogP contribution in [0.1, 0.15) is 51.4 Å². The summed E-state index contributed by atoms with van der Waals surface area (Å²) in [5, 5.41) is 26.7. The zero-order valence-electron chi connectivity index (χ0n) is 34.6. The van der Waals surface area contributed by atoms with Crippen molar-refractivity contribution in [3.63, 3.8) is 0 Å². The molecule has 9 heteroatoms. The van der Waals surface area contributed by atoms with Crippen molar-refractivity contribution < 1.29 is 36.9 Å². The molecule has 0 aromatic rings. The molecule has 0 heterocycles. The topological polar surface area (TPSA) is 111 Å². The fourth-order valence-electron chi connectivity index (χ4n) is 6.22. The summed E-state index contributed by atoms with van der Waals surface area (Å²) in [6.07, 6.45) is 60.2. The van der Waals surface area contributed by atoms with Crippen LogP contribution in [0.3, 0.4) is 0 Å². The standard InChI is InChI=1S/2C20H27N2O2.2C5H5.Fe/c2*23-14-8-2-1-7-13-21-20(24)17-22(15-18-9-3-4-10-18)16-19-11-5-6-12-19;2*1-2-4-5-3-1;/h2*3-6,9-12H,1-2,7-8,13-17H2,(H,21,24);2*1-5H;/q2*-1;;;+2. The molecule has 316 valence electrons. The second kappa shape index (κ2) is 37.8. The van der Waals surface area contributed by atoms with Crippen molar-refractivity contribution in [2.75, 3.05) is 65.6 Å². The van der Waals surface area contributed by atoms with E-state index in [1.54, 1.807) is 0 Å². The first-order valence-corrected chi connectivity index (χ1v) is 20.9. The summed E-state index contributed by atoms with van der Waals surface area (Å²) in [6, 6.07) is 0. The van der Waals surface area contributed by atoms with E-state index < -0.39 is 0 Å². The van der Waals surface area contributed by atoms with Gasteiger partial charge in [-0.2, -0.15) is 0 Å². The molecule has 6 saturated carbocycles. The molecule has 59 heavy (non-hydrogen) atoms. The number of nitrogens with zero attached hydrogens (tertiary/aromatic N) is 2. The molecule has 8 nitrogen and oxygen atoms in total. The molecular formula is C50H64FeN4O4. The normalized spacial score (nSPS) is 19.9. The van der Waals surface area contributed by atoms with Gasteiger partial charge in [0.25, 0.3) is 0 Å². The van der Waals surface area contributed by atoms with Crippen molar-refractivity contribution in [1.82, 2.24) is 20.4 Å². The molecule has 6 aliphatic carbocycles. The van der Waals surface area contributed by atoms with Crippen molar-refractivity contribution >= 4 is 11.8 Å². The van der Waals surface area contributed by atoms with E-state index in [9.17, 15) is 19.8 Å². The molecule has 2 N–H and O–H groups in total. The van der Waals surface area contributed by atoms with Gasteiger partial charge in [0.1, 0.15) is 0 Å². The molecule has 6 aliphatic rings. The van der Waals surface area contributed by atoms with E-state index in [1.165, 1.54) is 23.7 Å². The maximum atomic E-state index is 12.2. The van der Waals surface area contributed by atoms with Crippen LogP contribution in [-0.2, 0) is 26.7 Å². The van der Waals surface area contributed by atoms with Crippen molar-refractivity contribution in [2.24, 2.45) is 0 Å². The van der Waals surface area contributed by atoms with Crippen LogP contribution in [0.25, 0.3) is 0 Å². The first-order chi connectivity index (χ1) is 28.6. The molecule has 6 rings (SSSR count). The number of amides is 2. The number of carbonyl (C=O) groups excluding carboxylic acids is 2. The van der Waals surface area contributed by atoms with E-state index in [0.717, 1.165) is 77.5 Å². The number of unbranched alkanes of at least 4 members (excludes halogenated alkanes) is 6. The quantitative estimate of drug-likeness (QED) is 0.111. The third-order valence-corrected chi connectivity index (χ3v) is 9.18. The maximum absolute atomic E-state index is 12.2. The minimum atomic E-state index is 0. The predicted molar refractivity (Wildman–Crippen MR) is 230 cm³/mol. The fourth-order valence-corrected chi connectivity index (χ4v) is 6.22. The van der Waals surface area contributed by atoms with Crippen LogP contribution in [0.2, 0.25) is 0 Å². The summed E-state index contributed by atoms with van der Waals surface area (Å²) < 4.78 is 0. The molecule has 2 amide bonds. The zero-order chi connectivity index (χ0) is 41.1. The summed E-state index contributed by atoms with van der Waals surface area (Å²) >= 11 is 0. The molecule has 6 fully saturated rings. The predicted octanol–water partition coefficient (Wildman–Crippen LogP) is 4.31. The summed E-state index contributed by atoms with van der Waals surface area (Å²) in [5.74, 6) is 5.05.